The maximum atomic E-state index is 12.1. The van der Waals surface area contributed by atoms with Crippen LogP contribution in [0.5, 0.6) is 0 Å². The molecule has 0 saturated carbocycles. The monoisotopic (exact) mass is 382 g/mol. The van der Waals surface area contributed by atoms with Gasteiger partial charge in [-0.25, -0.2) is 14.5 Å². The van der Waals surface area contributed by atoms with Crippen molar-refractivity contribution in [3.63, 3.8) is 0 Å². The minimum atomic E-state index is -0.630. The fraction of sp³-hybridized carbons (Fsp3) is 0.278. The number of carbonyl (C=O) groups is 2. The molecule has 2 aromatic heterocycles. The molecule has 0 spiro atoms. The largest absolute Gasteiger partial charge is 0.364 e. The van der Waals surface area contributed by atoms with E-state index in [0.717, 1.165) is 17.1 Å². The Kier molecular flexibility index (Phi) is 5.68. The first-order chi connectivity index (χ1) is 13.4. The van der Waals surface area contributed by atoms with Crippen molar-refractivity contribution >= 4 is 11.9 Å². The van der Waals surface area contributed by atoms with Gasteiger partial charge in [0, 0.05) is 32.4 Å². The molecule has 1 atom stereocenters. The highest BCUT2D eigenvalue weighted by atomic mass is 16.2. The second-order valence-electron chi connectivity index (χ2n) is 6.33. The van der Waals surface area contributed by atoms with Crippen LogP contribution in [0.25, 0.3) is 5.69 Å². The van der Waals surface area contributed by atoms with Crippen LogP contribution in [0.15, 0.2) is 42.9 Å². The Labute approximate surface area is 161 Å². The number of benzene rings is 1. The van der Waals surface area contributed by atoms with Crippen LogP contribution in [-0.4, -0.2) is 43.0 Å². The standard InChI is InChI=1S/C18H22N8O2/c1-12(22-18(28)21-8-7-16-20-9-10-25(16)2)13-3-5-14(6-4-13)26-11-15(17(19)27)23-24-26/h3-6,9-12H,7-8H2,1-2H3,(H2,19,27)(H2,21,22,28). The van der Waals surface area contributed by atoms with Crippen LogP contribution in [0.4, 0.5) is 4.79 Å². The second-order valence-corrected chi connectivity index (χ2v) is 6.33. The predicted octanol–water partition coefficient (Wildman–Crippen LogP) is 0.703. The van der Waals surface area contributed by atoms with E-state index in [0.29, 0.717) is 13.0 Å². The smallest absolute Gasteiger partial charge is 0.315 e. The molecule has 1 aromatic carbocycles. The van der Waals surface area contributed by atoms with Crippen LogP contribution in [0.3, 0.4) is 0 Å². The number of aromatic nitrogens is 5. The molecule has 3 aromatic rings. The lowest BCUT2D eigenvalue weighted by molar-refractivity contribution is 0.0995. The van der Waals surface area contributed by atoms with Gasteiger partial charge in [-0.05, 0) is 24.6 Å². The summed E-state index contributed by atoms with van der Waals surface area (Å²) in [6.07, 6.45) is 5.73. The molecule has 0 bridgehead atoms. The highest BCUT2D eigenvalue weighted by Crippen LogP contribution is 2.15. The van der Waals surface area contributed by atoms with Gasteiger partial charge in [-0.1, -0.05) is 17.3 Å². The SMILES string of the molecule is CC(NC(=O)NCCc1nccn1C)c1ccc(-n2cc(C(N)=O)nn2)cc1. The number of aryl methyl sites for hydroxylation is 1. The lowest BCUT2D eigenvalue weighted by atomic mass is 10.1. The maximum absolute atomic E-state index is 12.1. The Morgan fingerprint density at radius 2 is 2.00 bits per heavy atom. The number of imidazole rings is 1. The van der Waals surface area contributed by atoms with Crippen molar-refractivity contribution in [3.8, 4) is 5.69 Å². The summed E-state index contributed by atoms with van der Waals surface area (Å²) in [5.41, 5.74) is 6.94. The van der Waals surface area contributed by atoms with Crippen molar-refractivity contribution in [3.05, 3.63) is 59.9 Å². The molecule has 146 valence electrons. The molecule has 10 heteroatoms. The first-order valence-corrected chi connectivity index (χ1v) is 8.77. The first-order valence-electron chi connectivity index (χ1n) is 8.77. The van der Waals surface area contributed by atoms with Crippen molar-refractivity contribution in [2.24, 2.45) is 12.8 Å². The number of nitrogens with one attached hydrogen (secondary N) is 2. The lowest BCUT2D eigenvalue weighted by Crippen LogP contribution is -2.38. The zero-order valence-corrected chi connectivity index (χ0v) is 15.7. The molecular formula is C18H22N8O2. The third kappa shape index (κ3) is 4.53. The summed E-state index contributed by atoms with van der Waals surface area (Å²) in [5, 5.41) is 13.3. The number of hydrogen-bond acceptors (Lipinski definition) is 5. The number of urea groups is 1. The van der Waals surface area contributed by atoms with Gasteiger partial charge in [0.05, 0.1) is 17.9 Å². The van der Waals surface area contributed by atoms with Crippen molar-refractivity contribution in [2.45, 2.75) is 19.4 Å². The minimum Gasteiger partial charge on any atom is -0.364 e. The van der Waals surface area contributed by atoms with Crippen LogP contribution in [-0.2, 0) is 13.5 Å². The molecule has 0 aliphatic rings. The Morgan fingerprint density at radius 1 is 1.25 bits per heavy atom. The quantitative estimate of drug-likeness (QED) is 0.553. The lowest BCUT2D eigenvalue weighted by Gasteiger charge is -2.15. The van der Waals surface area contributed by atoms with Gasteiger partial charge < -0.3 is 20.9 Å². The van der Waals surface area contributed by atoms with Crippen molar-refractivity contribution < 1.29 is 9.59 Å². The van der Waals surface area contributed by atoms with E-state index in [1.165, 1.54) is 10.9 Å². The van der Waals surface area contributed by atoms with Crippen LogP contribution in [0, 0.1) is 0 Å². The van der Waals surface area contributed by atoms with Gasteiger partial charge in [-0.2, -0.15) is 0 Å². The Morgan fingerprint density at radius 3 is 2.61 bits per heavy atom. The Balaban J connectivity index is 1.52. The van der Waals surface area contributed by atoms with E-state index in [-0.39, 0.29) is 17.8 Å². The molecule has 10 nitrogen and oxygen atoms in total. The molecule has 0 aliphatic heterocycles. The van der Waals surface area contributed by atoms with Gasteiger partial charge in [0.25, 0.3) is 5.91 Å². The van der Waals surface area contributed by atoms with Crippen molar-refractivity contribution in [1.82, 2.24) is 35.2 Å². The average Bonchev–Trinajstić information content (AvgIpc) is 3.31. The van der Waals surface area contributed by atoms with E-state index in [1.807, 2.05) is 49.0 Å². The first kappa shape index (κ1) is 19.1. The summed E-state index contributed by atoms with van der Waals surface area (Å²) in [6.45, 7) is 2.39. The van der Waals surface area contributed by atoms with Gasteiger partial charge >= 0.3 is 6.03 Å². The number of nitrogens with zero attached hydrogens (tertiary/aromatic N) is 5. The van der Waals surface area contributed by atoms with Crippen molar-refractivity contribution in [1.29, 1.82) is 0 Å². The summed E-state index contributed by atoms with van der Waals surface area (Å²) in [6, 6.07) is 6.98. The van der Waals surface area contributed by atoms with Crippen molar-refractivity contribution in [2.75, 3.05) is 6.54 Å². The van der Waals surface area contributed by atoms with Gasteiger partial charge in [0.2, 0.25) is 0 Å². The van der Waals surface area contributed by atoms with Crippen LogP contribution < -0.4 is 16.4 Å². The van der Waals surface area contributed by atoms with Gasteiger partial charge in [-0.15, -0.1) is 5.10 Å². The van der Waals surface area contributed by atoms with Gasteiger partial charge in [0.1, 0.15) is 5.82 Å². The third-order valence-electron chi connectivity index (χ3n) is 4.31. The fourth-order valence-electron chi connectivity index (χ4n) is 2.67. The molecule has 0 saturated heterocycles. The summed E-state index contributed by atoms with van der Waals surface area (Å²) in [7, 11) is 1.92. The maximum Gasteiger partial charge on any atom is 0.315 e. The number of rotatable bonds is 7. The second kappa shape index (κ2) is 8.33. The van der Waals surface area contributed by atoms with E-state index < -0.39 is 5.91 Å². The van der Waals surface area contributed by atoms with E-state index in [4.69, 9.17) is 5.73 Å². The number of hydrogen-bond donors (Lipinski definition) is 3. The van der Waals surface area contributed by atoms with Crippen LogP contribution in [0.1, 0.15) is 34.8 Å². The highest BCUT2D eigenvalue weighted by Gasteiger charge is 2.11. The fourth-order valence-corrected chi connectivity index (χ4v) is 2.67. The molecule has 0 radical (unpaired) electrons. The molecule has 4 N–H and O–H groups in total. The Bertz CT molecular complexity index is 960. The summed E-state index contributed by atoms with van der Waals surface area (Å²) >= 11 is 0. The number of carbonyl (C=O) groups excluding carboxylic acids is 2. The zero-order chi connectivity index (χ0) is 20.1. The number of primary amides is 1. The molecule has 3 rings (SSSR count). The molecule has 0 aliphatic carbocycles. The zero-order valence-electron chi connectivity index (χ0n) is 15.7. The van der Waals surface area contributed by atoms with Crippen LogP contribution >= 0.6 is 0 Å². The predicted molar refractivity (Wildman–Crippen MR) is 102 cm³/mol. The normalized spacial score (nSPS) is 11.8. The molecule has 1 unspecified atom stereocenters. The highest BCUT2D eigenvalue weighted by molar-refractivity contribution is 5.90. The van der Waals surface area contributed by atoms with E-state index >= 15 is 0 Å². The van der Waals surface area contributed by atoms with Gasteiger partial charge in [0.15, 0.2) is 5.69 Å². The van der Waals surface area contributed by atoms with E-state index in [1.54, 1.807) is 6.20 Å². The molecule has 28 heavy (non-hydrogen) atoms. The Hall–Kier alpha value is -3.69. The van der Waals surface area contributed by atoms with Gasteiger partial charge in [-0.3, -0.25) is 4.79 Å². The van der Waals surface area contributed by atoms with E-state index in [2.05, 4.69) is 25.9 Å². The average molecular weight is 382 g/mol. The van der Waals surface area contributed by atoms with Crippen LogP contribution in [0.2, 0.25) is 0 Å². The molecule has 0 fully saturated rings. The topological polar surface area (TPSA) is 133 Å². The molecule has 2 heterocycles. The number of nitrogens with two attached hydrogens (primary N) is 1. The summed E-state index contributed by atoms with van der Waals surface area (Å²) < 4.78 is 3.39. The number of amides is 3. The molecule has 3 amide bonds. The molecular weight excluding hydrogens is 360 g/mol. The minimum absolute atomic E-state index is 0.0984. The van der Waals surface area contributed by atoms with E-state index in [9.17, 15) is 9.59 Å². The summed E-state index contributed by atoms with van der Waals surface area (Å²) in [4.78, 5) is 27.4. The summed E-state index contributed by atoms with van der Waals surface area (Å²) in [5.74, 6) is 0.283. The third-order valence-corrected chi connectivity index (χ3v) is 4.31.